The molecular formula is C13H21NO2S. The van der Waals surface area contributed by atoms with Crippen molar-refractivity contribution < 1.29 is 9.53 Å². The molecule has 0 spiro atoms. The van der Waals surface area contributed by atoms with Crippen LogP contribution < -0.4 is 5.73 Å². The first kappa shape index (κ1) is 14.0. The van der Waals surface area contributed by atoms with Crippen LogP contribution >= 0.6 is 11.3 Å². The van der Waals surface area contributed by atoms with Gasteiger partial charge in [-0.1, -0.05) is 27.7 Å². The van der Waals surface area contributed by atoms with Gasteiger partial charge in [0.1, 0.15) is 4.88 Å². The van der Waals surface area contributed by atoms with E-state index in [2.05, 4.69) is 27.7 Å². The molecule has 0 saturated carbocycles. The van der Waals surface area contributed by atoms with E-state index in [-0.39, 0.29) is 11.4 Å². The fourth-order valence-electron chi connectivity index (χ4n) is 1.78. The minimum atomic E-state index is -0.333. The maximum absolute atomic E-state index is 11.6. The van der Waals surface area contributed by atoms with E-state index in [0.29, 0.717) is 10.6 Å². The fraction of sp³-hybridized carbons (Fsp3) is 0.615. The molecule has 0 aliphatic heterocycles. The third kappa shape index (κ3) is 2.46. The Morgan fingerprint density at radius 2 is 2.00 bits per heavy atom. The minimum absolute atomic E-state index is 0.0520. The van der Waals surface area contributed by atoms with Crippen molar-refractivity contribution in [3.63, 3.8) is 0 Å². The van der Waals surface area contributed by atoms with E-state index in [1.807, 2.05) is 0 Å². The van der Waals surface area contributed by atoms with Crippen molar-refractivity contribution in [2.24, 2.45) is 0 Å². The van der Waals surface area contributed by atoms with E-state index < -0.39 is 0 Å². The van der Waals surface area contributed by atoms with Crippen LogP contribution in [0.4, 0.5) is 5.69 Å². The van der Waals surface area contributed by atoms with E-state index in [0.717, 1.165) is 18.4 Å². The molecule has 0 unspecified atom stereocenters. The van der Waals surface area contributed by atoms with Crippen molar-refractivity contribution in [1.82, 2.24) is 0 Å². The van der Waals surface area contributed by atoms with Gasteiger partial charge in [-0.3, -0.25) is 0 Å². The van der Waals surface area contributed by atoms with E-state index in [4.69, 9.17) is 10.5 Å². The van der Waals surface area contributed by atoms with Crippen LogP contribution in [-0.2, 0) is 16.6 Å². The maximum Gasteiger partial charge on any atom is 0.350 e. The Morgan fingerprint density at radius 1 is 1.41 bits per heavy atom. The molecule has 17 heavy (non-hydrogen) atoms. The summed E-state index contributed by atoms with van der Waals surface area (Å²) in [6, 6.07) is 0. The average Bonchev–Trinajstić information content (AvgIpc) is 2.66. The second-order valence-corrected chi connectivity index (χ2v) is 5.76. The summed E-state index contributed by atoms with van der Waals surface area (Å²) < 4.78 is 4.77. The highest BCUT2D eigenvalue weighted by molar-refractivity contribution is 7.15. The third-order valence-electron chi connectivity index (χ3n) is 3.27. The highest BCUT2D eigenvalue weighted by Crippen LogP contribution is 2.41. The molecular weight excluding hydrogens is 234 g/mol. The van der Waals surface area contributed by atoms with Gasteiger partial charge in [-0.15, -0.1) is 11.3 Å². The fourth-order valence-corrected chi connectivity index (χ4v) is 3.18. The average molecular weight is 255 g/mol. The van der Waals surface area contributed by atoms with Crippen molar-refractivity contribution in [3.05, 3.63) is 15.3 Å². The lowest BCUT2D eigenvalue weighted by Crippen LogP contribution is -2.15. The van der Waals surface area contributed by atoms with E-state index in [1.165, 1.54) is 23.3 Å². The number of hydrogen-bond acceptors (Lipinski definition) is 4. The Hall–Kier alpha value is -1.03. The van der Waals surface area contributed by atoms with Gasteiger partial charge in [-0.05, 0) is 23.8 Å². The summed E-state index contributed by atoms with van der Waals surface area (Å²) >= 11 is 1.48. The van der Waals surface area contributed by atoms with Crippen LogP contribution in [0.25, 0.3) is 0 Å². The Kier molecular flexibility index (Phi) is 4.20. The van der Waals surface area contributed by atoms with Crippen molar-refractivity contribution in [1.29, 1.82) is 0 Å². The van der Waals surface area contributed by atoms with Crippen molar-refractivity contribution in [2.45, 2.75) is 46.0 Å². The van der Waals surface area contributed by atoms with Crippen LogP contribution in [0.15, 0.2) is 0 Å². The van der Waals surface area contributed by atoms with E-state index >= 15 is 0 Å². The molecule has 0 aliphatic rings. The first-order valence-corrected chi connectivity index (χ1v) is 6.70. The van der Waals surface area contributed by atoms with Crippen LogP contribution in [0.3, 0.4) is 0 Å². The Balaban J connectivity index is 3.37. The van der Waals surface area contributed by atoms with Gasteiger partial charge in [0.25, 0.3) is 0 Å². The van der Waals surface area contributed by atoms with Crippen LogP contribution in [-0.4, -0.2) is 13.1 Å². The predicted octanol–water partition coefficient (Wildman–Crippen LogP) is 3.37. The Morgan fingerprint density at radius 3 is 2.41 bits per heavy atom. The second-order valence-electron chi connectivity index (χ2n) is 4.74. The van der Waals surface area contributed by atoms with Gasteiger partial charge in [0.05, 0.1) is 12.8 Å². The largest absolute Gasteiger partial charge is 0.465 e. The molecule has 2 N–H and O–H groups in total. The SMILES string of the molecule is CCc1c(C(C)(C)CC)sc(C(=O)OC)c1N. The monoisotopic (exact) mass is 255 g/mol. The van der Waals surface area contributed by atoms with Gasteiger partial charge >= 0.3 is 5.97 Å². The summed E-state index contributed by atoms with van der Waals surface area (Å²) in [5.41, 5.74) is 7.80. The molecule has 0 aromatic carbocycles. The number of thiophene rings is 1. The van der Waals surface area contributed by atoms with E-state index in [1.54, 1.807) is 0 Å². The minimum Gasteiger partial charge on any atom is -0.465 e. The summed E-state index contributed by atoms with van der Waals surface area (Å²) in [6.07, 6.45) is 1.86. The number of rotatable bonds is 4. The lowest BCUT2D eigenvalue weighted by atomic mass is 9.85. The number of nitrogen functional groups attached to an aromatic ring is 1. The molecule has 0 saturated heterocycles. The van der Waals surface area contributed by atoms with Crippen LogP contribution in [0.2, 0.25) is 0 Å². The highest BCUT2D eigenvalue weighted by Gasteiger charge is 2.29. The number of esters is 1. The van der Waals surface area contributed by atoms with E-state index in [9.17, 15) is 4.79 Å². The van der Waals surface area contributed by atoms with Gasteiger partial charge in [0.15, 0.2) is 0 Å². The van der Waals surface area contributed by atoms with Gasteiger partial charge < -0.3 is 10.5 Å². The molecule has 0 bridgehead atoms. The molecule has 0 fully saturated rings. The summed E-state index contributed by atoms with van der Waals surface area (Å²) in [5.74, 6) is -0.333. The zero-order chi connectivity index (χ0) is 13.2. The first-order valence-electron chi connectivity index (χ1n) is 5.88. The molecule has 4 heteroatoms. The number of hydrogen-bond donors (Lipinski definition) is 1. The van der Waals surface area contributed by atoms with Gasteiger partial charge in [0, 0.05) is 4.88 Å². The van der Waals surface area contributed by atoms with Crippen LogP contribution in [0, 0.1) is 0 Å². The second kappa shape index (κ2) is 5.08. The number of carbonyl (C=O) groups excluding carboxylic acids is 1. The maximum atomic E-state index is 11.6. The Bertz CT molecular complexity index is 421. The molecule has 1 heterocycles. The molecule has 96 valence electrons. The van der Waals surface area contributed by atoms with Gasteiger partial charge in [0.2, 0.25) is 0 Å². The van der Waals surface area contributed by atoms with Gasteiger partial charge in [-0.25, -0.2) is 4.79 Å². The molecule has 0 radical (unpaired) electrons. The normalized spacial score (nSPS) is 11.6. The van der Waals surface area contributed by atoms with Crippen LogP contribution in [0.5, 0.6) is 0 Å². The summed E-state index contributed by atoms with van der Waals surface area (Å²) in [7, 11) is 1.39. The molecule has 1 rings (SSSR count). The third-order valence-corrected chi connectivity index (χ3v) is 4.86. The number of nitrogens with two attached hydrogens (primary N) is 1. The predicted molar refractivity (Wildman–Crippen MR) is 72.8 cm³/mol. The van der Waals surface area contributed by atoms with Crippen molar-refractivity contribution in [3.8, 4) is 0 Å². The zero-order valence-electron chi connectivity index (χ0n) is 11.2. The molecule has 1 aromatic heterocycles. The zero-order valence-corrected chi connectivity index (χ0v) is 12.0. The number of methoxy groups -OCH3 is 1. The lowest BCUT2D eigenvalue weighted by molar-refractivity contribution is 0.0607. The number of ether oxygens (including phenoxy) is 1. The molecule has 1 aromatic rings. The summed E-state index contributed by atoms with van der Waals surface area (Å²) in [6.45, 7) is 8.57. The highest BCUT2D eigenvalue weighted by atomic mass is 32.1. The smallest absolute Gasteiger partial charge is 0.350 e. The molecule has 0 atom stereocenters. The molecule has 0 aliphatic carbocycles. The molecule has 3 nitrogen and oxygen atoms in total. The quantitative estimate of drug-likeness (QED) is 0.839. The first-order chi connectivity index (χ1) is 7.88. The van der Waals surface area contributed by atoms with Crippen molar-refractivity contribution in [2.75, 3.05) is 12.8 Å². The molecule has 0 amide bonds. The summed E-state index contributed by atoms with van der Waals surface area (Å²) in [4.78, 5) is 13.4. The topological polar surface area (TPSA) is 52.3 Å². The summed E-state index contributed by atoms with van der Waals surface area (Å²) in [5, 5.41) is 0. The van der Waals surface area contributed by atoms with Gasteiger partial charge in [-0.2, -0.15) is 0 Å². The van der Waals surface area contributed by atoms with Crippen molar-refractivity contribution >= 4 is 23.0 Å². The lowest BCUT2D eigenvalue weighted by Gasteiger charge is -2.22. The number of carbonyl (C=O) groups is 1. The Labute approximate surface area is 107 Å². The number of anilines is 1. The van der Waals surface area contributed by atoms with Crippen LogP contribution in [0.1, 0.15) is 54.2 Å². The standard InChI is InChI=1S/C13H21NO2S/c1-6-8-9(14)10(12(15)16-5)17-11(8)13(3,4)7-2/h6-7,14H2,1-5H3.